The quantitative estimate of drug-likeness (QED) is 0.710. The zero-order valence-electron chi connectivity index (χ0n) is 10.7. The molecule has 94 valence electrons. The summed E-state index contributed by atoms with van der Waals surface area (Å²) in [6.07, 6.45) is 1.35. The van der Waals surface area contributed by atoms with E-state index in [1.54, 1.807) is 0 Å². The Morgan fingerprint density at radius 1 is 1.62 bits per heavy atom. The third-order valence-corrected chi connectivity index (χ3v) is 3.70. The normalized spacial score (nSPS) is 29.5. The minimum Gasteiger partial charge on any atom is -0.378 e. The van der Waals surface area contributed by atoms with Crippen molar-refractivity contribution < 1.29 is 9.53 Å². The highest BCUT2D eigenvalue weighted by molar-refractivity contribution is 5.76. The van der Waals surface area contributed by atoms with Gasteiger partial charge in [0.25, 0.3) is 0 Å². The lowest BCUT2D eigenvalue weighted by Gasteiger charge is -2.52. The summed E-state index contributed by atoms with van der Waals surface area (Å²) >= 11 is 0. The third kappa shape index (κ3) is 2.74. The number of rotatable bonds is 6. The van der Waals surface area contributed by atoms with Crippen LogP contribution in [-0.2, 0) is 9.53 Å². The molecule has 3 unspecified atom stereocenters. The molecular weight excluding hydrogens is 204 g/mol. The monoisotopic (exact) mass is 228 g/mol. The van der Waals surface area contributed by atoms with Gasteiger partial charge in [-0.15, -0.1) is 0 Å². The van der Waals surface area contributed by atoms with E-state index < -0.39 is 0 Å². The molecule has 4 heteroatoms. The van der Waals surface area contributed by atoms with E-state index in [1.807, 2.05) is 13.8 Å². The molecule has 0 spiro atoms. The zero-order valence-corrected chi connectivity index (χ0v) is 10.7. The van der Waals surface area contributed by atoms with E-state index in [4.69, 9.17) is 10.5 Å². The molecular formula is C12H24N2O2. The molecule has 0 aromatic rings. The first-order chi connectivity index (χ1) is 7.39. The summed E-state index contributed by atoms with van der Waals surface area (Å²) in [4.78, 5) is 10.9. The number of hydrogen-bond donors (Lipinski definition) is 2. The van der Waals surface area contributed by atoms with Gasteiger partial charge in [0.05, 0.1) is 6.10 Å². The molecule has 0 radical (unpaired) electrons. The number of amides is 1. The molecule has 0 heterocycles. The van der Waals surface area contributed by atoms with E-state index in [0.29, 0.717) is 18.7 Å². The van der Waals surface area contributed by atoms with E-state index in [9.17, 15) is 4.79 Å². The average Bonchev–Trinajstić information content (AvgIpc) is 2.21. The highest BCUT2D eigenvalue weighted by atomic mass is 16.5. The smallest absolute Gasteiger partial charge is 0.221 e. The Balaban J connectivity index is 2.33. The Bertz CT molecular complexity index is 253. The fourth-order valence-electron chi connectivity index (χ4n) is 2.14. The topological polar surface area (TPSA) is 64.3 Å². The minimum atomic E-state index is -0.244. The standard InChI is InChI=1S/C12H24N2O2/c1-5-16-10-6-9(12(10,3)4)14-7-8(2)11(13)15/h8-10,14H,5-7H2,1-4H3,(H2,13,15). The summed E-state index contributed by atoms with van der Waals surface area (Å²) in [5.41, 5.74) is 5.37. The lowest BCUT2D eigenvalue weighted by molar-refractivity contribution is -0.123. The van der Waals surface area contributed by atoms with Gasteiger partial charge in [-0.25, -0.2) is 0 Å². The SMILES string of the molecule is CCOC1CC(NCC(C)C(N)=O)C1(C)C. The van der Waals surface area contributed by atoms with Crippen molar-refractivity contribution in [3.63, 3.8) is 0 Å². The Labute approximate surface area is 97.9 Å². The second-order valence-corrected chi connectivity index (χ2v) is 5.27. The van der Waals surface area contributed by atoms with Crippen LogP contribution in [-0.4, -0.2) is 31.2 Å². The fourth-order valence-corrected chi connectivity index (χ4v) is 2.14. The highest BCUT2D eigenvalue weighted by Gasteiger charge is 2.48. The maximum atomic E-state index is 10.9. The molecule has 1 rings (SSSR count). The summed E-state index contributed by atoms with van der Waals surface area (Å²) in [5, 5.41) is 3.40. The van der Waals surface area contributed by atoms with Crippen LogP contribution in [0.25, 0.3) is 0 Å². The minimum absolute atomic E-state index is 0.109. The van der Waals surface area contributed by atoms with E-state index in [-0.39, 0.29) is 17.2 Å². The highest BCUT2D eigenvalue weighted by Crippen LogP contribution is 2.42. The van der Waals surface area contributed by atoms with Crippen LogP contribution < -0.4 is 11.1 Å². The molecule has 16 heavy (non-hydrogen) atoms. The second-order valence-electron chi connectivity index (χ2n) is 5.27. The molecule has 1 fully saturated rings. The number of ether oxygens (including phenoxy) is 1. The van der Waals surface area contributed by atoms with Crippen molar-refractivity contribution in [3.8, 4) is 0 Å². The van der Waals surface area contributed by atoms with Crippen molar-refractivity contribution in [2.45, 2.75) is 46.3 Å². The van der Waals surface area contributed by atoms with Crippen LogP contribution in [0.2, 0.25) is 0 Å². The molecule has 0 saturated heterocycles. The zero-order chi connectivity index (χ0) is 12.3. The first kappa shape index (κ1) is 13.5. The van der Waals surface area contributed by atoms with Crippen LogP contribution >= 0.6 is 0 Å². The number of nitrogens with one attached hydrogen (secondary N) is 1. The van der Waals surface area contributed by atoms with Crippen LogP contribution in [0.1, 0.15) is 34.1 Å². The van der Waals surface area contributed by atoms with Crippen LogP contribution in [0.3, 0.4) is 0 Å². The van der Waals surface area contributed by atoms with Gasteiger partial charge in [0, 0.05) is 30.5 Å². The summed E-state index contributed by atoms with van der Waals surface area (Å²) in [5.74, 6) is -0.354. The van der Waals surface area contributed by atoms with Gasteiger partial charge in [-0.3, -0.25) is 4.79 Å². The molecule has 4 nitrogen and oxygen atoms in total. The Morgan fingerprint density at radius 2 is 2.25 bits per heavy atom. The van der Waals surface area contributed by atoms with Crippen molar-refractivity contribution >= 4 is 5.91 Å². The van der Waals surface area contributed by atoms with Crippen molar-refractivity contribution in [3.05, 3.63) is 0 Å². The molecule has 3 atom stereocenters. The van der Waals surface area contributed by atoms with Gasteiger partial charge >= 0.3 is 0 Å². The Kier molecular flexibility index (Phi) is 4.33. The van der Waals surface area contributed by atoms with E-state index in [0.717, 1.165) is 13.0 Å². The molecule has 1 aliphatic carbocycles. The van der Waals surface area contributed by atoms with Crippen molar-refractivity contribution in [2.24, 2.45) is 17.1 Å². The molecule has 1 aliphatic rings. The number of hydrogen-bond acceptors (Lipinski definition) is 3. The molecule has 0 aromatic heterocycles. The van der Waals surface area contributed by atoms with Crippen molar-refractivity contribution in [1.82, 2.24) is 5.32 Å². The molecule has 0 bridgehead atoms. The molecule has 0 aliphatic heterocycles. The maximum Gasteiger partial charge on any atom is 0.221 e. The van der Waals surface area contributed by atoms with Crippen LogP contribution in [0.5, 0.6) is 0 Å². The van der Waals surface area contributed by atoms with Crippen molar-refractivity contribution in [1.29, 1.82) is 0 Å². The van der Waals surface area contributed by atoms with E-state index in [1.165, 1.54) is 0 Å². The molecule has 3 N–H and O–H groups in total. The Hall–Kier alpha value is -0.610. The van der Waals surface area contributed by atoms with Gasteiger partial charge < -0.3 is 15.8 Å². The predicted octanol–water partition coefficient (Wildman–Crippen LogP) is 0.901. The first-order valence-electron chi connectivity index (χ1n) is 6.03. The molecule has 1 saturated carbocycles. The lowest BCUT2D eigenvalue weighted by atomic mass is 9.64. The lowest BCUT2D eigenvalue weighted by Crippen LogP contribution is -2.61. The van der Waals surface area contributed by atoms with Gasteiger partial charge in [0.1, 0.15) is 0 Å². The largest absolute Gasteiger partial charge is 0.378 e. The van der Waals surface area contributed by atoms with Crippen molar-refractivity contribution in [2.75, 3.05) is 13.2 Å². The van der Waals surface area contributed by atoms with Gasteiger partial charge in [0.2, 0.25) is 5.91 Å². The summed E-state index contributed by atoms with van der Waals surface area (Å²) in [7, 11) is 0. The summed E-state index contributed by atoms with van der Waals surface area (Å²) in [6.45, 7) is 9.68. The average molecular weight is 228 g/mol. The first-order valence-corrected chi connectivity index (χ1v) is 6.03. The van der Waals surface area contributed by atoms with Gasteiger partial charge in [-0.05, 0) is 13.3 Å². The van der Waals surface area contributed by atoms with Gasteiger partial charge in [0.15, 0.2) is 0 Å². The van der Waals surface area contributed by atoms with E-state index >= 15 is 0 Å². The number of primary amides is 1. The Morgan fingerprint density at radius 3 is 2.69 bits per heavy atom. The number of carbonyl (C=O) groups is 1. The number of nitrogens with two attached hydrogens (primary N) is 1. The van der Waals surface area contributed by atoms with Crippen LogP contribution in [0.4, 0.5) is 0 Å². The van der Waals surface area contributed by atoms with Gasteiger partial charge in [-0.1, -0.05) is 20.8 Å². The third-order valence-electron chi connectivity index (χ3n) is 3.70. The second kappa shape index (κ2) is 5.15. The summed E-state index contributed by atoms with van der Waals surface area (Å²) < 4.78 is 5.65. The maximum absolute atomic E-state index is 10.9. The molecule has 0 aromatic carbocycles. The van der Waals surface area contributed by atoms with Gasteiger partial charge in [-0.2, -0.15) is 0 Å². The van der Waals surface area contributed by atoms with Crippen LogP contribution in [0, 0.1) is 11.3 Å². The van der Waals surface area contributed by atoms with E-state index in [2.05, 4.69) is 19.2 Å². The fraction of sp³-hybridized carbons (Fsp3) is 0.917. The summed E-state index contributed by atoms with van der Waals surface area (Å²) in [6, 6.07) is 0.422. The molecule has 1 amide bonds. The van der Waals surface area contributed by atoms with Crippen LogP contribution in [0.15, 0.2) is 0 Å². The number of carbonyl (C=O) groups excluding carboxylic acids is 1. The predicted molar refractivity (Wildman–Crippen MR) is 64.0 cm³/mol.